The van der Waals surface area contributed by atoms with Crippen molar-refractivity contribution in [3.63, 3.8) is 0 Å². The van der Waals surface area contributed by atoms with Crippen LogP contribution in [-0.2, 0) is 0 Å². The van der Waals surface area contributed by atoms with Gasteiger partial charge in [-0.1, -0.05) is 13.8 Å². The minimum Gasteiger partial charge on any atom is -0.389 e. The van der Waals surface area contributed by atoms with Gasteiger partial charge in [-0.3, -0.25) is 0 Å². The van der Waals surface area contributed by atoms with Crippen molar-refractivity contribution < 1.29 is 5.11 Å². The molecular formula is C13H26N2O. The van der Waals surface area contributed by atoms with Crippen LogP contribution in [0.4, 0.5) is 0 Å². The van der Waals surface area contributed by atoms with Crippen LogP contribution in [0.15, 0.2) is 0 Å². The standard InChI is InChI=1S/C13H26N2O/c1-3-15-8-5-12(11(2)9-15)14-10-13(16)6-4-7-13/h11-12,14,16H,3-10H2,1-2H3. The quantitative estimate of drug-likeness (QED) is 0.756. The molecular weight excluding hydrogens is 200 g/mol. The Hall–Kier alpha value is -0.120. The summed E-state index contributed by atoms with van der Waals surface area (Å²) in [6.07, 6.45) is 4.40. The third-order valence-corrected chi connectivity index (χ3v) is 4.41. The zero-order chi connectivity index (χ0) is 11.6. The molecule has 2 rings (SSSR count). The van der Waals surface area contributed by atoms with Gasteiger partial charge in [0.25, 0.3) is 0 Å². The molecule has 0 bridgehead atoms. The highest BCUT2D eigenvalue weighted by Gasteiger charge is 2.35. The van der Waals surface area contributed by atoms with E-state index in [9.17, 15) is 5.11 Å². The van der Waals surface area contributed by atoms with Crippen molar-refractivity contribution in [2.24, 2.45) is 5.92 Å². The molecule has 2 fully saturated rings. The van der Waals surface area contributed by atoms with Crippen LogP contribution in [-0.4, -0.2) is 47.8 Å². The van der Waals surface area contributed by atoms with Gasteiger partial charge in [-0.2, -0.15) is 0 Å². The van der Waals surface area contributed by atoms with Gasteiger partial charge in [0.2, 0.25) is 0 Å². The summed E-state index contributed by atoms with van der Waals surface area (Å²) < 4.78 is 0. The monoisotopic (exact) mass is 226 g/mol. The van der Waals surface area contributed by atoms with Crippen LogP contribution in [0, 0.1) is 5.92 Å². The Balaban J connectivity index is 1.73. The van der Waals surface area contributed by atoms with Gasteiger partial charge in [-0.25, -0.2) is 0 Å². The molecule has 2 aliphatic rings. The van der Waals surface area contributed by atoms with Gasteiger partial charge in [0.05, 0.1) is 5.60 Å². The molecule has 0 radical (unpaired) electrons. The van der Waals surface area contributed by atoms with Gasteiger partial charge < -0.3 is 15.3 Å². The van der Waals surface area contributed by atoms with E-state index in [1.807, 2.05) is 0 Å². The summed E-state index contributed by atoms with van der Waals surface area (Å²) in [5, 5.41) is 13.6. The van der Waals surface area contributed by atoms with Crippen molar-refractivity contribution in [2.75, 3.05) is 26.2 Å². The lowest BCUT2D eigenvalue weighted by molar-refractivity contribution is -0.0362. The number of piperidine rings is 1. The third-order valence-electron chi connectivity index (χ3n) is 4.41. The Labute approximate surface area is 99.2 Å². The average Bonchev–Trinajstić information content (AvgIpc) is 2.25. The molecule has 0 amide bonds. The van der Waals surface area contributed by atoms with E-state index in [2.05, 4.69) is 24.1 Å². The van der Waals surface area contributed by atoms with Crippen molar-refractivity contribution in [3.8, 4) is 0 Å². The summed E-state index contributed by atoms with van der Waals surface area (Å²) >= 11 is 0. The van der Waals surface area contributed by atoms with E-state index in [0.717, 1.165) is 19.4 Å². The van der Waals surface area contributed by atoms with Crippen LogP contribution < -0.4 is 5.32 Å². The van der Waals surface area contributed by atoms with E-state index in [0.29, 0.717) is 12.0 Å². The summed E-state index contributed by atoms with van der Waals surface area (Å²) in [5.41, 5.74) is -0.373. The minimum atomic E-state index is -0.373. The first-order valence-corrected chi connectivity index (χ1v) is 6.81. The second kappa shape index (κ2) is 5.03. The molecule has 16 heavy (non-hydrogen) atoms. The van der Waals surface area contributed by atoms with Crippen molar-refractivity contribution >= 4 is 0 Å². The number of hydrogen-bond donors (Lipinski definition) is 2. The minimum absolute atomic E-state index is 0.373. The lowest BCUT2D eigenvalue weighted by Crippen LogP contribution is -2.54. The van der Waals surface area contributed by atoms with Crippen LogP contribution in [0.25, 0.3) is 0 Å². The van der Waals surface area contributed by atoms with Gasteiger partial charge in [0, 0.05) is 19.1 Å². The molecule has 1 saturated carbocycles. The molecule has 1 saturated heterocycles. The normalized spacial score (nSPS) is 34.7. The molecule has 1 heterocycles. The Morgan fingerprint density at radius 2 is 2.19 bits per heavy atom. The van der Waals surface area contributed by atoms with Crippen molar-refractivity contribution in [3.05, 3.63) is 0 Å². The van der Waals surface area contributed by atoms with Gasteiger partial charge in [0.15, 0.2) is 0 Å². The Bertz CT molecular complexity index is 228. The summed E-state index contributed by atoms with van der Waals surface area (Å²) in [6, 6.07) is 0.604. The smallest absolute Gasteiger partial charge is 0.0771 e. The number of likely N-dealkylation sites (tertiary alicyclic amines) is 1. The van der Waals surface area contributed by atoms with E-state index in [1.165, 1.54) is 32.5 Å². The van der Waals surface area contributed by atoms with E-state index in [1.54, 1.807) is 0 Å². The van der Waals surface area contributed by atoms with Crippen molar-refractivity contribution in [2.45, 2.75) is 51.2 Å². The zero-order valence-electron chi connectivity index (χ0n) is 10.7. The molecule has 0 aromatic heterocycles. The average molecular weight is 226 g/mol. The van der Waals surface area contributed by atoms with Crippen LogP contribution in [0.1, 0.15) is 39.5 Å². The maximum Gasteiger partial charge on any atom is 0.0771 e. The fraction of sp³-hybridized carbons (Fsp3) is 1.00. The first-order chi connectivity index (χ1) is 7.63. The molecule has 1 aliphatic heterocycles. The van der Waals surface area contributed by atoms with Crippen LogP contribution >= 0.6 is 0 Å². The van der Waals surface area contributed by atoms with Crippen molar-refractivity contribution in [1.82, 2.24) is 10.2 Å². The molecule has 2 N–H and O–H groups in total. The lowest BCUT2D eigenvalue weighted by Gasteiger charge is -2.41. The van der Waals surface area contributed by atoms with Crippen LogP contribution in [0.2, 0.25) is 0 Å². The molecule has 0 aromatic rings. The maximum absolute atomic E-state index is 10.1. The van der Waals surface area contributed by atoms with Crippen LogP contribution in [0.3, 0.4) is 0 Å². The fourth-order valence-electron chi connectivity index (χ4n) is 2.91. The predicted molar refractivity (Wildman–Crippen MR) is 66.5 cm³/mol. The molecule has 0 aromatic carbocycles. The number of aliphatic hydroxyl groups is 1. The summed E-state index contributed by atoms with van der Waals surface area (Å²) in [4.78, 5) is 2.51. The SMILES string of the molecule is CCN1CCC(NCC2(O)CCC2)C(C)C1. The predicted octanol–water partition coefficient (Wildman–Crippen LogP) is 1.22. The number of hydrogen-bond acceptors (Lipinski definition) is 3. The van der Waals surface area contributed by atoms with E-state index in [4.69, 9.17) is 0 Å². The first-order valence-electron chi connectivity index (χ1n) is 6.81. The van der Waals surface area contributed by atoms with Gasteiger partial charge in [0.1, 0.15) is 0 Å². The second-order valence-electron chi connectivity index (χ2n) is 5.72. The summed E-state index contributed by atoms with van der Waals surface area (Å²) in [5.74, 6) is 0.706. The van der Waals surface area contributed by atoms with E-state index in [-0.39, 0.29) is 5.60 Å². The zero-order valence-corrected chi connectivity index (χ0v) is 10.7. The maximum atomic E-state index is 10.1. The summed E-state index contributed by atoms with van der Waals surface area (Å²) in [7, 11) is 0. The van der Waals surface area contributed by atoms with Crippen LogP contribution in [0.5, 0.6) is 0 Å². The lowest BCUT2D eigenvalue weighted by atomic mass is 9.80. The first kappa shape index (κ1) is 12.3. The number of nitrogens with zero attached hydrogens (tertiary/aromatic N) is 1. The molecule has 2 atom stereocenters. The number of rotatable bonds is 4. The molecule has 0 spiro atoms. The molecule has 3 nitrogen and oxygen atoms in total. The highest BCUT2D eigenvalue weighted by atomic mass is 16.3. The Morgan fingerprint density at radius 3 is 2.69 bits per heavy atom. The Morgan fingerprint density at radius 1 is 1.44 bits per heavy atom. The van der Waals surface area contributed by atoms with E-state index < -0.39 is 0 Å². The van der Waals surface area contributed by atoms with E-state index >= 15 is 0 Å². The molecule has 2 unspecified atom stereocenters. The highest BCUT2D eigenvalue weighted by molar-refractivity contribution is 4.92. The van der Waals surface area contributed by atoms with Crippen molar-refractivity contribution in [1.29, 1.82) is 0 Å². The number of nitrogens with one attached hydrogen (secondary N) is 1. The topological polar surface area (TPSA) is 35.5 Å². The van der Waals surface area contributed by atoms with Gasteiger partial charge in [-0.15, -0.1) is 0 Å². The van der Waals surface area contributed by atoms with Gasteiger partial charge in [-0.05, 0) is 44.7 Å². The largest absolute Gasteiger partial charge is 0.389 e. The highest BCUT2D eigenvalue weighted by Crippen LogP contribution is 2.31. The third kappa shape index (κ3) is 2.76. The molecule has 94 valence electrons. The molecule has 3 heteroatoms. The Kier molecular flexibility index (Phi) is 3.88. The second-order valence-corrected chi connectivity index (χ2v) is 5.72. The summed E-state index contributed by atoms with van der Waals surface area (Å²) in [6.45, 7) is 8.93. The molecule has 1 aliphatic carbocycles. The van der Waals surface area contributed by atoms with Gasteiger partial charge >= 0.3 is 0 Å². The fourth-order valence-corrected chi connectivity index (χ4v) is 2.91.